The van der Waals surface area contributed by atoms with Gasteiger partial charge in [-0.25, -0.2) is 9.97 Å². The lowest BCUT2D eigenvalue weighted by Crippen LogP contribution is -2.05. The maximum absolute atomic E-state index is 12.7. The second-order valence-electron chi connectivity index (χ2n) is 6.73. The molecule has 2 aromatic heterocycles. The van der Waals surface area contributed by atoms with Crippen LogP contribution >= 0.6 is 23.1 Å². The third-order valence-corrected chi connectivity index (χ3v) is 6.23. The molecule has 0 aliphatic rings. The highest BCUT2D eigenvalue weighted by molar-refractivity contribution is 7.98. The summed E-state index contributed by atoms with van der Waals surface area (Å²) in [5.41, 5.74) is 6.22. The van der Waals surface area contributed by atoms with E-state index in [1.54, 1.807) is 12.3 Å². The minimum atomic E-state index is 0.0526. The standard InChI is InChI=1S/C24H20N2OS2/c1-16-8-10-17(11-9-16)18-5-3-6-19(13-18)21-15-29-23(26-21)14-22(27)20-7-4-12-25-24(20)28-2/h3-13,15H,14H2,1-2H3. The number of benzene rings is 2. The third-order valence-electron chi connectivity index (χ3n) is 4.67. The second kappa shape index (κ2) is 8.72. The molecular weight excluding hydrogens is 396 g/mol. The number of pyridine rings is 1. The molecular formula is C24H20N2OS2. The lowest BCUT2D eigenvalue weighted by atomic mass is 10.0. The lowest BCUT2D eigenvalue weighted by molar-refractivity contribution is 0.0989. The first kappa shape index (κ1) is 19.6. The Kier molecular flexibility index (Phi) is 5.88. The van der Waals surface area contributed by atoms with Crippen molar-refractivity contribution >= 4 is 28.9 Å². The average Bonchev–Trinajstić information content (AvgIpc) is 3.23. The summed E-state index contributed by atoms with van der Waals surface area (Å²) in [6.45, 7) is 2.09. The third kappa shape index (κ3) is 4.47. The molecule has 29 heavy (non-hydrogen) atoms. The number of thioether (sulfide) groups is 1. The maximum atomic E-state index is 12.7. The van der Waals surface area contributed by atoms with Crippen LogP contribution in [0.3, 0.4) is 0 Å². The number of aromatic nitrogens is 2. The van der Waals surface area contributed by atoms with Gasteiger partial charge in [0.05, 0.1) is 17.7 Å². The zero-order valence-corrected chi connectivity index (χ0v) is 17.9. The number of aryl methyl sites for hydroxylation is 1. The van der Waals surface area contributed by atoms with Crippen LogP contribution in [0.4, 0.5) is 0 Å². The highest BCUT2D eigenvalue weighted by atomic mass is 32.2. The van der Waals surface area contributed by atoms with Crippen LogP contribution in [0, 0.1) is 6.92 Å². The fraction of sp³-hybridized carbons (Fsp3) is 0.125. The molecule has 5 heteroatoms. The number of nitrogens with zero attached hydrogens (tertiary/aromatic N) is 2. The first-order valence-electron chi connectivity index (χ1n) is 9.28. The van der Waals surface area contributed by atoms with Gasteiger partial charge in [-0.15, -0.1) is 23.1 Å². The number of hydrogen-bond donors (Lipinski definition) is 0. The molecule has 144 valence electrons. The fourth-order valence-corrected chi connectivity index (χ4v) is 4.50. The lowest BCUT2D eigenvalue weighted by Gasteiger charge is -2.05. The molecule has 0 bridgehead atoms. The summed E-state index contributed by atoms with van der Waals surface area (Å²) in [7, 11) is 0. The van der Waals surface area contributed by atoms with Gasteiger partial charge in [-0.05, 0) is 42.5 Å². The zero-order chi connectivity index (χ0) is 20.2. The molecule has 0 aliphatic carbocycles. The molecule has 3 nitrogen and oxygen atoms in total. The minimum Gasteiger partial charge on any atom is -0.294 e. The van der Waals surface area contributed by atoms with Gasteiger partial charge in [0.15, 0.2) is 5.78 Å². The molecule has 0 spiro atoms. The van der Waals surface area contributed by atoms with Gasteiger partial charge < -0.3 is 0 Å². The Balaban J connectivity index is 1.56. The van der Waals surface area contributed by atoms with Gasteiger partial charge in [-0.3, -0.25) is 4.79 Å². The summed E-state index contributed by atoms with van der Waals surface area (Å²) in [6.07, 6.45) is 3.94. The van der Waals surface area contributed by atoms with E-state index in [0.29, 0.717) is 12.0 Å². The smallest absolute Gasteiger partial charge is 0.172 e. The highest BCUT2D eigenvalue weighted by Gasteiger charge is 2.15. The molecule has 0 aliphatic heterocycles. The van der Waals surface area contributed by atoms with Crippen LogP contribution in [-0.4, -0.2) is 22.0 Å². The van der Waals surface area contributed by atoms with Crippen molar-refractivity contribution in [3.05, 3.63) is 88.4 Å². The topological polar surface area (TPSA) is 42.9 Å². The quantitative estimate of drug-likeness (QED) is 0.272. The van der Waals surface area contributed by atoms with Gasteiger partial charge in [0.25, 0.3) is 0 Å². The van der Waals surface area contributed by atoms with Gasteiger partial charge in [0, 0.05) is 17.1 Å². The summed E-state index contributed by atoms with van der Waals surface area (Å²) >= 11 is 3.01. The van der Waals surface area contributed by atoms with Gasteiger partial charge in [-0.2, -0.15) is 0 Å². The molecule has 0 saturated carbocycles. The molecule has 4 aromatic rings. The molecule has 2 aromatic carbocycles. The Hall–Kier alpha value is -2.76. The Bertz CT molecular complexity index is 1150. The summed E-state index contributed by atoms with van der Waals surface area (Å²) < 4.78 is 0. The number of ketones is 1. The maximum Gasteiger partial charge on any atom is 0.172 e. The van der Waals surface area contributed by atoms with Crippen molar-refractivity contribution in [2.45, 2.75) is 18.4 Å². The van der Waals surface area contributed by atoms with Crippen molar-refractivity contribution in [1.29, 1.82) is 0 Å². The van der Waals surface area contributed by atoms with E-state index in [1.807, 2.05) is 17.7 Å². The summed E-state index contributed by atoms with van der Waals surface area (Å²) in [5.74, 6) is 0.0526. The molecule has 0 atom stereocenters. The Morgan fingerprint density at radius 3 is 2.59 bits per heavy atom. The van der Waals surface area contributed by atoms with Crippen molar-refractivity contribution in [3.8, 4) is 22.4 Å². The number of rotatable bonds is 6. The molecule has 4 rings (SSSR count). The predicted octanol–water partition coefficient (Wildman–Crippen LogP) is 6.33. The molecule has 0 radical (unpaired) electrons. The van der Waals surface area contributed by atoms with Crippen molar-refractivity contribution in [3.63, 3.8) is 0 Å². The van der Waals surface area contributed by atoms with Crippen LogP contribution in [0.15, 0.2) is 77.3 Å². The van der Waals surface area contributed by atoms with E-state index in [-0.39, 0.29) is 5.78 Å². The van der Waals surface area contributed by atoms with Crippen LogP contribution in [0.5, 0.6) is 0 Å². The Morgan fingerprint density at radius 2 is 1.79 bits per heavy atom. The van der Waals surface area contributed by atoms with Gasteiger partial charge in [0.1, 0.15) is 10.0 Å². The average molecular weight is 417 g/mol. The number of thiazole rings is 1. The number of carbonyl (C=O) groups excluding carboxylic acids is 1. The van der Waals surface area contributed by atoms with E-state index in [0.717, 1.165) is 26.9 Å². The van der Waals surface area contributed by atoms with E-state index >= 15 is 0 Å². The Morgan fingerprint density at radius 1 is 1.00 bits per heavy atom. The van der Waals surface area contributed by atoms with Crippen LogP contribution in [0.2, 0.25) is 0 Å². The summed E-state index contributed by atoms with van der Waals surface area (Å²) in [6, 6.07) is 20.5. The van der Waals surface area contributed by atoms with Crippen molar-refractivity contribution < 1.29 is 4.79 Å². The predicted molar refractivity (Wildman–Crippen MR) is 122 cm³/mol. The first-order chi connectivity index (χ1) is 14.1. The van der Waals surface area contributed by atoms with E-state index in [2.05, 4.69) is 60.4 Å². The zero-order valence-electron chi connectivity index (χ0n) is 16.3. The summed E-state index contributed by atoms with van der Waals surface area (Å²) in [4.78, 5) is 21.7. The molecule has 0 amide bonds. The summed E-state index contributed by atoms with van der Waals surface area (Å²) in [5, 5.41) is 3.61. The SMILES string of the molecule is CSc1ncccc1C(=O)Cc1nc(-c2cccc(-c3ccc(C)cc3)c2)cs1. The molecule has 2 heterocycles. The first-order valence-corrected chi connectivity index (χ1v) is 11.4. The molecule has 0 fully saturated rings. The monoisotopic (exact) mass is 416 g/mol. The number of carbonyl (C=O) groups is 1. The van der Waals surface area contributed by atoms with Crippen LogP contribution in [0.1, 0.15) is 20.9 Å². The highest BCUT2D eigenvalue weighted by Crippen LogP contribution is 2.28. The number of Topliss-reactive ketones (excluding diaryl/α,β-unsaturated/α-hetero) is 1. The van der Waals surface area contributed by atoms with Crippen LogP contribution in [-0.2, 0) is 6.42 Å². The normalized spacial score (nSPS) is 10.8. The van der Waals surface area contributed by atoms with Crippen LogP contribution in [0.25, 0.3) is 22.4 Å². The van der Waals surface area contributed by atoms with Gasteiger partial charge >= 0.3 is 0 Å². The molecule has 0 unspecified atom stereocenters. The van der Waals surface area contributed by atoms with Gasteiger partial charge in [0.2, 0.25) is 0 Å². The van der Waals surface area contributed by atoms with Gasteiger partial charge in [-0.1, -0.05) is 48.0 Å². The van der Waals surface area contributed by atoms with E-state index in [1.165, 1.54) is 34.2 Å². The second-order valence-corrected chi connectivity index (χ2v) is 8.47. The van der Waals surface area contributed by atoms with E-state index < -0.39 is 0 Å². The number of hydrogen-bond acceptors (Lipinski definition) is 5. The van der Waals surface area contributed by atoms with Crippen molar-refractivity contribution in [2.75, 3.05) is 6.26 Å². The van der Waals surface area contributed by atoms with Crippen molar-refractivity contribution in [2.24, 2.45) is 0 Å². The largest absolute Gasteiger partial charge is 0.294 e. The molecule has 0 N–H and O–H groups in total. The molecule has 0 saturated heterocycles. The van der Waals surface area contributed by atoms with E-state index in [9.17, 15) is 4.79 Å². The van der Waals surface area contributed by atoms with Crippen molar-refractivity contribution in [1.82, 2.24) is 9.97 Å². The Labute approximate surface area is 178 Å². The minimum absolute atomic E-state index is 0.0526. The van der Waals surface area contributed by atoms with Crippen LogP contribution < -0.4 is 0 Å². The fourth-order valence-electron chi connectivity index (χ4n) is 3.13. The van der Waals surface area contributed by atoms with E-state index in [4.69, 9.17) is 4.98 Å².